The highest BCUT2D eigenvalue weighted by Crippen LogP contribution is 2.25. The number of nitrogens with one attached hydrogen (secondary N) is 2. The van der Waals surface area contributed by atoms with Crippen molar-refractivity contribution in [1.82, 2.24) is 15.2 Å². The third-order valence-corrected chi connectivity index (χ3v) is 3.06. The van der Waals surface area contributed by atoms with Crippen LogP contribution in [0.5, 0.6) is 0 Å². The second kappa shape index (κ2) is 6.02. The summed E-state index contributed by atoms with van der Waals surface area (Å²) >= 11 is 11.8. The van der Waals surface area contributed by atoms with Crippen LogP contribution in [-0.2, 0) is 0 Å². The molecular weight excluding hydrogens is 301 g/mol. The normalized spacial score (nSPS) is 10.2. The van der Waals surface area contributed by atoms with Crippen molar-refractivity contribution in [3.8, 4) is 0 Å². The fourth-order valence-corrected chi connectivity index (χ4v) is 1.70. The van der Waals surface area contributed by atoms with E-state index in [4.69, 9.17) is 23.2 Å². The largest absolute Gasteiger partial charge is 0.326 e. The van der Waals surface area contributed by atoms with E-state index in [0.29, 0.717) is 27.1 Å². The van der Waals surface area contributed by atoms with E-state index in [1.807, 2.05) is 0 Å². The van der Waals surface area contributed by atoms with Gasteiger partial charge in [0, 0.05) is 5.02 Å². The zero-order valence-corrected chi connectivity index (χ0v) is 12.2. The summed E-state index contributed by atoms with van der Waals surface area (Å²) < 4.78 is 0. The second-order valence-electron chi connectivity index (χ2n) is 4.01. The molecule has 104 valence electrons. The van der Waals surface area contributed by atoms with Gasteiger partial charge < -0.3 is 5.32 Å². The predicted octanol–water partition coefficient (Wildman–Crippen LogP) is 3.44. The Labute approximate surface area is 125 Å². The molecule has 2 N–H and O–H groups in total. The van der Waals surface area contributed by atoms with E-state index in [1.165, 1.54) is 0 Å². The molecule has 0 aliphatic heterocycles. The molecule has 0 spiro atoms. The number of halogens is 2. The third-order valence-electron chi connectivity index (χ3n) is 2.49. The van der Waals surface area contributed by atoms with Crippen molar-refractivity contribution >= 4 is 40.9 Å². The fraction of sp³-hybridized carbons (Fsp3) is 0.167. The molecule has 1 aromatic heterocycles. The number of carbonyl (C=O) groups is 1. The third kappa shape index (κ3) is 3.55. The van der Waals surface area contributed by atoms with E-state index in [-0.39, 0.29) is 5.95 Å². The van der Waals surface area contributed by atoms with Crippen LogP contribution < -0.4 is 10.6 Å². The Kier molecular flexibility index (Phi) is 4.36. The van der Waals surface area contributed by atoms with Gasteiger partial charge in [0.15, 0.2) is 0 Å². The molecule has 0 aliphatic rings. The van der Waals surface area contributed by atoms with Gasteiger partial charge in [0.05, 0.1) is 22.1 Å². The van der Waals surface area contributed by atoms with Crippen LogP contribution in [-0.4, -0.2) is 21.2 Å². The van der Waals surface area contributed by atoms with Crippen molar-refractivity contribution in [1.29, 1.82) is 0 Å². The highest BCUT2D eigenvalue weighted by Gasteiger charge is 2.09. The van der Waals surface area contributed by atoms with E-state index in [1.54, 1.807) is 32.0 Å². The van der Waals surface area contributed by atoms with Crippen LogP contribution in [0.1, 0.15) is 11.4 Å². The van der Waals surface area contributed by atoms with Gasteiger partial charge in [-0.3, -0.25) is 5.32 Å². The number of nitrogens with zero attached hydrogens (tertiary/aromatic N) is 3. The molecule has 0 saturated carbocycles. The molecule has 0 atom stereocenters. The van der Waals surface area contributed by atoms with Crippen molar-refractivity contribution in [3.63, 3.8) is 0 Å². The van der Waals surface area contributed by atoms with Crippen LogP contribution in [0, 0.1) is 13.8 Å². The van der Waals surface area contributed by atoms with Gasteiger partial charge >= 0.3 is 6.03 Å². The number of benzene rings is 1. The van der Waals surface area contributed by atoms with Crippen LogP contribution in [0.3, 0.4) is 0 Å². The molecule has 0 aliphatic carbocycles. The minimum Gasteiger partial charge on any atom is -0.306 e. The Morgan fingerprint density at radius 1 is 1.10 bits per heavy atom. The second-order valence-corrected chi connectivity index (χ2v) is 4.85. The Balaban J connectivity index is 2.09. The Hall–Kier alpha value is -1.92. The molecule has 2 rings (SSSR count). The van der Waals surface area contributed by atoms with Crippen LogP contribution in [0.4, 0.5) is 16.4 Å². The molecule has 2 aromatic rings. The molecule has 8 heteroatoms. The first-order chi connectivity index (χ1) is 9.45. The van der Waals surface area contributed by atoms with E-state index in [0.717, 1.165) is 0 Å². The van der Waals surface area contributed by atoms with Crippen molar-refractivity contribution in [2.75, 3.05) is 10.6 Å². The number of amides is 2. The van der Waals surface area contributed by atoms with Gasteiger partial charge in [-0.15, -0.1) is 5.10 Å². The molecular formula is C12H11Cl2N5O. The lowest BCUT2D eigenvalue weighted by atomic mass is 10.3. The van der Waals surface area contributed by atoms with E-state index in [2.05, 4.69) is 25.8 Å². The zero-order chi connectivity index (χ0) is 14.7. The molecule has 0 radical (unpaired) electrons. The first-order valence-electron chi connectivity index (χ1n) is 5.66. The lowest BCUT2D eigenvalue weighted by Crippen LogP contribution is -2.21. The molecule has 20 heavy (non-hydrogen) atoms. The van der Waals surface area contributed by atoms with Crippen LogP contribution in [0.25, 0.3) is 0 Å². The quantitative estimate of drug-likeness (QED) is 0.890. The smallest absolute Gasteiger partial charge is 0.306 e. The summed E-state index contributed by atoms with van der Waals surface area (Å²) in [5.41, 5.74) is 1.79. The lowest BCUT2D eigenvalue weighted by Gasteiger charge is -2.08. The van der Waals surface area contributed by atoms with Gasteiger partial charge in [0.2, 0.25) is 0 Å². The SMILES string of the molecule is Cc1nnc(NC(=O)Nc2cc(Cl)ccc2Cl)nc1C. The summed E-state index contributed by atoms with van der Waals surface area (Å²) in [5.74, 6) is 0.115. The minimum atomic E-state index is -0.529. The topological polar surface area (TPSA) is 79.8 Å². The Morgan fingerprint density at radius 2 is 1.85 bits per heavy atom. The Bertz CT molecular complexity index is 662. The van der Waals surface area contributed by atoms with Gasteiger partial charge in [-0.2, -0.15) is 5.10 Å². The summed E-state index contributed by atoms with van der Waals surface area (Å²) in [5, 5.41) is 13.5. The molecule has 0 unspecified atom stereocenters. The van der Waals surface area contributed by atoms with Crippen molar-refractivity contribution in [3.05, 3.63) is 39.6 Å². The van der Waals surface area contributed by atoms with Gasteiger partial charge in [-0.1, -0.05) is 23.2 Å². The standard InChI is InChI=1S/C12H11Cl2N5O/c1-6-7(2)18-19-11(15-6)17-12(20)16-10-5-8(13)3-4-9(10)14/h3-5H,1-2H3,(H2,15,16,17,19,20). The fourth-order valence-electron chi connectivity index (χ4n) is 1.36. The van der Waals surface area contributed by atoms with E-state index in [9.17, 15) is 4.79 Å². The number of anilines is 2. The highest BCUT2D eigenvalue weighted by atomic mass is 35.5. The maximum Gasteiger partial charge on any atom is 0.326 e. The average molecular weight is 312 g/mol. The zero-order valence-electron chi connectivity index (χ0n) is 10.7. The summed E-state index contributed by atoms with van der Waals surface area (Å²) in [4.78, 5) is 15.9. The molecule has 0 fully saturated rings. The van der Waals surface area contributed by atoms with Crippen molar-refractivity contribution in [2.45, 2.75) is 13.8 Å². The molecule has 0 saturated heterocycles. The van der Waals surface area contributed by atoms with Crippen LogP contribution >= 0.6 is 23.2 Å². The summed E-state index contributed by atoms with van der Waals surface area (Å²) in [6.07, 6.45) is 0. The molecule has 1 aromatic carbocycles. The number of aryl methyl sites for hydroxylation is 2. The number of carbonyl (C=O) groups excluding carboxylic acids is 1. The first-order valence-corrected chi connectivity index (χ1v) is 6.42. The summed E-state index contributed by atoms with van der Waals surface area (Å²) in [6.45, 7) is 3.56. The Morgan fingerprint density at radius 3 is 2.55 bits per heavy atom. The summed E-state index contributed by atoms with van der Waals surface area (Å²) in [7, 11) is 0. The van der Waals surface area contributed by atoms with Gasteiger partial charge in [0.25, 0.3) is 5.95 Å². The molecule has 0 bridgehead atoms. The van der Waals surface area contributed by atoms with Crippen molar-refractivity contribution in [2.24, 2.45) is 0 Å². The van der Waals surface area contributed by atoms with Gasteiger partial charge in [-0.05, 0) is 32.0 Å². The highest BCUT2D eigenvalue weighted by molar-refractivity contribution is 6.35. The predicted molar refractivity (Wildman–Crippen MR) is 78.4 cm³/mol. The maximum atomic E-state index is 11.8. The monoisotopic (exact) mass is 311 g/mol. The van der Waals surface area contributed by atoms with Crippen molar-refractivity contribution < 1.29 is 4.79 Å². The van der Waals surface area contributed by atoms with E-state index >= 15 is 0 Å². The molecule has 6 nitrogen and oxygen atoms in total. The first kappa shape index (κ1) is 14.5. The lowest BCUT2D eigenvalue weighted by molar-refractivity contribution is 0.262. The minimum absolute atomic E-state index is 0.115. The van der Waals surface area contributed by atoms with Gasteiger partial charge in [-0.25, -0.2) is 9.78 Å². The molecule has 2 amide bonds. The number of rotatable bonds is 2. The van der Waals surface area contributed by atoms with Crippen LogP contribution in [0.15, 0.2) is 18.2 Å². The van der Waals surface area contributed by atoms with Gasteiger partial charge in [0.1, 0.15) is 0 Å². The van der Waals surface area contributed by atoms with E-state index < -0.39 is 6.03 Å². The number of urea groups is 1. The number of hydrogen-bond acceptors (Lipinski definition) is 4. The molecule has 1 heterocycles. The van der Waals surface area contributed by atoms with Crippen LogP contribution in [0.2, 0.25) is 10.0 Å². The maximum absolute atomic E-state index is 11.8. The summed E-state index contributed by atoms with van der Waals surface area (Å²) in [6, 6.07) is 4.24. The number of aromatic nitrogens is 3. The number of hydrogen-bond donors (Lipinski definition) is 2. The average Bonchev–Trinajstić information content (AvgIpc) is 2.38.